The van der Waals surface area contributed by atoms with E-state index < -0.39 is 11.8 Å². The number of nitrogens with zero attached hydrogens (tertiary/aromatic N) is 1. The first-order valence-corrected chi connectivity index (χ1v) is 9.28. The molecule has 0 fully saturated rings. The van der Waals surface area contributed by atoms with E-state index >= 15 is 0 Å². The predicted octanol–water partition coefficient (Wildman–Crippen LogP) is 4.12. The molecule has 1 aliphatic rings. The lowest BCUT2D eigenvalue weighted by Crippen LogP contribution is -2.41. The molecule has 9 heteroatoms. The molecule has 0 bridgehead atoms. The number of fused-ring (bicyclic) bond motifs is 1. The summed E-state index contributed by atoms with van der Waals surface area (Å²) in [4.78, 5) is 24.8. The van der Waals surface area contributed by atoms with Gasteiger partial charge >= 0.3 is 5.91 Å². The quantitative estimate of drug-likeness (QED) is 0.498. The van der Waals surface area contributed by atoms with Crippen LogP contribution in [0.3, 0.4) is 0 Å². The number of nitrogens with one attached hydrogen (secondary N) is 2. The molecule has 0 saturated carbocycles. The van der Waals surface area contributed by atoms with E-state index in [-0.39, 0.29) is 21.8 Å². The van der Waals surface area contributed by atoms with Gasteiger partial charge in [-0.2, -0.15) is 0 Å². The summed E-state index contributed by atoms with van der Waals surface area (Å²) in [7, 11) is 0. The van der Waals surface area contributed by atoms with Crippen molar-refractivity contribution in [1.29, 1.82) is 0 Å². The number of hydrazine groups is 1. The minimum absolute atomic E-state index is 0.0475. The monoisotopic (exact) mass is 423 g/mol. The summed E-state index contributed by atoms with van der Waals surface area (Å²) >= 11 is 11.8. The van der Waals surface area contributed by atoms with Gasteiger partial charge in [-0.25, -0.2) is 0 Å². The summed E-state index contributed by atoms with van der Waals surface area (Å²) in [6.45, 7) is 5.75. The Hall–Kier alpha value is -2.51. The summed E-state index contributed by atoms with van der Waals surface area (Å²) in [6, 6.07) is 4.41. The fourth-order valence-corrected chi connectivity index (χ4v) is 3.82. The SMILES string of the molecule is Cc1c(C(=O)NNC(=O)c2ccc(Cl)cc2Cl)oc2c1/C(=N\O)CC(C)(C)C2. The van der Waals surface area contributed by atoms with Crippen LogP contribution in [0, 0.1) is 12.3 Å². The maximum atomic E-state index is 12.5. The maximum absolute atomic E-state index is 12.5. The first-order valence-electron chi connectivity index (χ1n) is 8.52. The topological polar surface area (TPSA) is 104 Å². The lowest BCUT2D eigenvalue weighted by atomic mass is 9.75. The largest absolute Gasteiger partial charge is 0.455 e. The second-order valence-corrected chi connectivity index (χ2v) is 8.29. The van der Waals surface area contributed by atoms with E-state index in [9.17, 15) is 14.8 Å². The van der Waals surface area contributed by atoms with Crippen LogP contribution < -0.4 is 10.9 Å². The number of carbonyl (C=O) groups excluding carboxylic acids is 2. The van der Waals surface area contributed by atoms with Gasteiger partial charge in [0.15, 0.2) is 5.76 Å². The second kappa shape index (κ2) is 7.48. The van der Waals surface area contributed by atoms with Gasteiger partial charge in [0, 0.05) is 22.6 Å². The Kier molecular flexibility index (Phi) is 5.41. The van der Waals surface area contributed by atoms with Crippen LogP contribution in [-0.4, -0.2) is 22.7 Å². The van der Waals surface area contributed by atoms with E-state index in [4.69, 9.17) is 27.6 Å². The van der Waals surface area contributed by atoms with Gasteiger partial charge in [-0.1, -0.05) is 42.2 Å². The molecular weight excluding hydrogens is 405 g/mol. The fourth-order valence-electron chi connectivity index (χ4n) is 3.33. The molecule has 0 radical (unpaired) electrons. The number of halogens is 2. The van der Waals surface area contributed by atoms with Gasteiger partial charge < -0.3 is 9.62 Å². The van der Waals surface area contributed by atoms with Crippen molar-refractivity contribution in [2.24, 2.45) is 10.6 Å². The molecular formula is C19H19Cl2N3O4. The summed E-state index contributed by atoms with van der Waals surface area (Å²) in [5.74, 6) is -0.590. The lowest BCUT2D eigenvalue weighted by molar-refractivity contribution is 0.0828. The molecule has 7 nitrogen and oxygen atoms in total. The summed E-state index contributed by atoms with van der Waals surface area (Å²) in [5.41, 5.74) is 6.29. The molecule has 0 aliphatic heterocycles. The molecule has 0 spiro atoms. The minimum Gasteiger partial charge on any atom is -0.455 e. The van der Waals surface area contributed by atoms with Crippen LogP contribution >= 0.6 is 23.2 Å². The standard InChI is InChI=1S/C19H19Cl2N3O4/c1-9-15-13(24-27)7-19(2,3)8-14(15)28-16(9)18(26)23-22-17(25)11-5-4-10(20)6-12(11)21/h4-6,27H,7-8H2,1-3H3,(H,22,25)(H,23,26)/b24-13-. The van der Waals surface area contributed by atoms with Gasteiger partial charge in [0.25, 0.3) is 5.91 Å². The van der Waals surface area contributed by atoms with Crippen molar-refractivity contribution in [1.82, 2.24) is 10.9 Å². The minimum atomic E-state index is -0.625. The van der Waals surface area contributed by atoms with E-state index in [2.05, 4.69) is 16.0 Å². The Labute approximate surface area is 171 Å². The fraction of sp³-hybridized carbons (Fsp3) is 0.316. The smallest absolute Gasteiger partial charge is 0.305 e. The average Bonchev–Trinajstić information content (AvgIpc) is 2.94. The number of rotatable bonds is 2. The van der Waals surface area contributed by atoms with Crippen molar-refractivity contribution in [2.75, 3.05) is 0 Å². The molecule has 0 saturated heterocycles. The Balaban J connectivity index is 1.79. The van der Waals surface area contributed by atoms with Crippen LogP contribution in [0.25, 0.3) is 0 Å². The summed E-state index contributed by atoms with van der Waals surface area (Å²) in [5, 5.41) is 13.3. The van der Waals surface area contributed by atoms with Gasteiger partial charge in [0.05, 0.1) is 16.3 Å². The van der Waals surface area contributed by atoms with Crippen LogP contribution in [0.2, 0.25) is 10.0 Å². The molecule has 1 heterocycles. The average molecular weight is 424 g/mol. The zero-order valence-electron chi connectivity index (χ0n) is 15.5. The number of furan rings is 1. The van der Waals surface area contributed by atoms with Crippen molar-refractivity contribution in [3.05, 3.63) is 56.5 Å². The van der Waals surface area contributed by atoms with Gasteiger partial charge in [0.1, 0.15) is 5.76 Å². The third-order valence-electron chi connectivity index (χ3n) is 4.59. The highest BCUT2D eigenvalue weighted by Gasteiger charge is 2.36. The Morgan fingerprint density at radius 3 is 2.50 bits per heavy atom. The van der Waals surface area contributed by atoms with Crippen LogP contribution in [-0.2, 0) is 6.42 Å². The van der Waals surface area contributed by atoms with E-state index in [0.717, 1.165) is 0 Å². The number of hydrogen-bond acceptors (Lipinski definition) is 5. The molecule has 2 amide bonds. The van der Waals surface area contributed by atoms with E-state index in [1.54, 1.807) is 6.92 Å². The molecule has 0 unspecified atom stereocenters. The van der Waals surface area contributed by atoms with E-state index in [1.165, 1.54) is 18.2 Å². The van der Waals surface area contributed by atoms with Crippen molar-refractivity contribution in [3.8, 4) is 0 Å². The Morgan fingerprint density at radius 2 is 1.86 bits per heavy atom. The second-order valence-electron chi connectivity index (χ2n) is 7.45. The summed E-state index contributed by atoms with van der Waals surface area (Å²) < 4.78 is 5.75. The molecule has 1 aliphatic carbocycles. The maximum Gasteiger partial charge on any atom is 0.305 e. The van der Waals surface area contributed by atoms with Crippen LogP contribution in [0.15, 0.2) is 27.8 Å². The van der Waals surface area contributed by atoms with Gasteiger partial charge in [-0.05, 0) is 37.0 Å². The van der Waals surface area contributed by atoms with E-state index in [0.29, 0.717) is 40.5 Å². The zero-order chi connectivity index (χ0) is 20.6. The number of amides is 2. The Bertz CT molecular complexity index is 995. The third kappa shape index (κ3) is 3.86. The van der Waals surface area contributed by atoms with E-state index in [1.807, 2.05) is 13.8 Å². The van der Waals surface area contributed by atoms with Crippen molar-refractivity contribution >= 4 is 40.7 Å². The van der Waals surface area contributed by atoms with Crippen LogP contribution in [0.1, 0.15) is 58.1 Å². The molecule has 28 heavy (non-hydrogen) atoms. The molecule has 1 aromatic heterocycles. The van der Waals surface area contributed by atoms with Crippen molar-refractivity contribution < 1.29 is 19.2 Å². The Morgan fingerprint density at radius 1 is 1.18 bits per heavy atom. The normalized spacial score (nSPS) is 16.5. The zero-order valence-corrected chi connectivity index (χ0v) is 17.0. The van der Waals surface area contributed by atoms with Gasteiger partial charge in [-0.15, -0.1) is 0 Å². The molecule has 2 aromatic rings. The third-order valence-corrected chi connectivity index (χ3v) is 5.13. The van der Waals surface area contributed by atoms with Crippen molar-refractivity contribution in [2.45, 2.75) is 33.6 Å². The molecule has 3 rings (SSSR count). The van der Waals surface area contributed by atoms with Crippen LogP contribution in [0.5, 0.6) is 0 Å². The summed E-state index contributed by atoms with van der Waals surface area (Å²) in [6.07, 6.45) is 1.16. The molecule has 1 aromatic carbocycles. The number of benzene rings is 1. The number of hydrogen-bond donors (Lipinski definition) is 3. The first kappa shape index (κ1) is 20.2. The highest BCUT2D eigenvalue weighted by molar-refractivity contribution is 6.36. The highest BCUT2D eigenvalue weighted by Crippen LogP contribution is 2.38. The van der Waals surface area contributed by atoms with Crippen LogP contribution in [0.4, 0.5) is 0 Å². The molecule has 148 valence electrons. The molecule has 3 N–H and O–H groups in total. The van der Waals surface area contributed by atoms with Gasteiger partial charge in [-0.3, -0.25) is 20.4 Å². The van der Waals surface area contributed by atoms with Crippen molar-refractivity contribution in [3.63, 3.8) is 0 Å². The first-order chi connectivity index (χ1) is 13.1. The highest BCUT2D eigenvalue weighted by atomic mass is 35.5. The number of carbonyl (C=O) groups is 2. The lowest BCUT2D eigenvalue weighted by Gasteiger charge is -2.28. The molecule has 0 atom stereocenters. The predicted molar refractivity (Wildman–Crippen MR) is 105 cm³/mol. The number of oxime groups is 1. The van der Waals surface area contributed by atoms with Gasteiger partial charge in [0.2, 0.25) is 0 Å².